The number of benzene rings is 2. The molecule has 4 rings (SSSR count). The molecule has 0 saturated carbocycles. The van der Waals surface area contributed by atoms with E-state index in [0.29, 0.717) is 27.6 Å². The largest absolute Gasteiger partial charge is 0.453 e. The van der Waals surface area contributed by atoms with Gasteiger partial charge in [-0.2, -0.15) is 0 Å². The average molecular weight is 297 g/mol. The van der Waals surface area contributed by atoms with Crippen LogP contribution in [0.15, 0.2) is 57.7 Å². The smallest absolute Gasteiger partial charge is 0.193 e. The Labute approximate surface area is 124 Å². The normalized spacial score (nSPS) is 11.3. The fraction of sp³-hybridized carbons (Fsp3) is 0. The van der Waals surface area contributed by atoms with Crippen LogP contribution in [-0.2, 0) is 0 Å². The first-order chi connectivity index (χ1) is 10.2. The van der Waals surface area contributed by atoms with Crippen LogP contribution in [0.2, 0.25) is 5.02 Å². The van der Waals surface area contributed by atoms with Crippen LogP contribution in [0.1, 0.15) is 0 Å². The van der Waals surface area contributed by atoms with E-state index in [9.17, 15) is 4.79 Å². The van der Waals surface area contributed by atoms with E-state index >= 15 is 0 Å². The van der Waals surface area contributed by atoms with E-state index in [1.165, 1.54) is 6.07 Å². The Bertz CT molecular complexity index is 1000. The van der Waals surface area contributed by atoms with Gasteiger partial charge in [-0.1, -0.05) is 23.7 Å². The highest BCUT2D eigenvalue weighted by Gasteiger charge is 2.11. The van der Waals surface area contributed by atoms with E-state index in [-0.39, 0.29) is 5.43 Å². The van der Waals surface area contributed by atoms with Gasteiger partial charge in [-0.15, -0.1) is 0 Å². The molecule has 2 heterocycles. The van der Waals surface area contributed by atoms with Gasteiger partial charge in [-0.25, -0.2) is 4.98 Å². The molecule has 0 atom stereocenters. The first kappa shape index (κ1) is 12.2. The predicted octanol–water partition coefficient (Wildman–Crippen LogP) is 3.99. The molecule has 4 aromatic rings. The SMILES string of the molecule is O=c1cc(-c2nc3ccccc3[nH]2)oc2ccc(Cl)cc12. The molecule has 0 saturated heterocycles. The molecule has 0 aliphatic rings. The van der Waals surface area contributed by atoms with Gasteiger partial charge in [0.2, 0.25) is 0 Å². The van der Waals surface area contributed by atoms with Crippen molar-refractivity contribution in [1.82, 2.24) is 9.97 Å². The summed E-state index contributed by atoms with van der Waals surface area (Å²) in [5.41, 5.74) is 2.06. The first-order valence-corrected chi connectivity index (χ1v) is 6.77. The summed E-state index contributed by atoms with van der Waals surface area (Å²) >= 11 is 5.90. The van der Waals surface area contributed by atoms with Crippen LogP contribution >= 0.6 is 11.6 Å². The van der Waals surface area contributed by atoms with E-state index < -0.39 is 0 Å². The number of nitrogens with one attached hydrogen (secondary N) is 1. The van der Waals surface area contributed by atoms with Gasteiger partial charge in [0.25, 0.3) is 0 Å². The summed E-state index contributed by atoms with van der Waals surface area (Å²) in [5.74, 6) is 0.941. The quantitative estimate of drug-likeness (QED) is 0.578. The lowest BCUT2D eigenvalue weighted by atomic mass is 10.2. The second-order valence-corrected chi connectivity index (χ2v) is 5.15. The summed E-state index contributed by atoms with van der Waals surface area (Å²) in [4.78, 5) is 19.8. The summed E-state index contributed by atoms with van der Waals surface area (Å²) in [6.45, 7) is 0. The predicted molar refractivity (Wildman–Crippen MR) is 82.6 cm³/mol. The number of hydrogen-bond acceptors (Lipinski definition) is 3. The molecule has 0 fully saturated rings. The third-order valence-electron chi connectivity index (χ3n) is 3.31. The van der Waals surface area contributed by atoms with Gasteiger partial charge in [0.15, 0.2) is 17.0 Å². The monoisotopic (exact) mass is 296 g/mol. The molecule has 102 valence electrons. The summed E-state index contributed by atoms with van der Waals surface area (Å²) in [7, 11) is 0. The summed E-state index contributed by atoms with van der Waals surface area (Å²) in [6.07, 6.45) is 0. The van der Waals surface area contributed by atoms with Crippen LogP contribution in [-0.4, -0.2) is 9.97 Å². The third kappa shape index (κ3) is 2.00. The molecule has 0 amide bonds. The molecule has 0 bridgehead atoms. The Hall–Kier alpha value is -2.59. The van der Waals surface area contributed by atoms with Crippen molar-refractivity contribution in [1.29, 1.82) is 0 Å². The van der Waals surface area contributed by atoms with Crippen molar-refractivity contribution in [2.24, 2.45) is 0 Å². The number of fused-ring (bicyclic) bond motifs is 2. The minimum Gasteiger partial charge on any atom is -0.453 e. The van der Waals surface area contributed by atoms with Crippen molar-refractivity contribution >= 4 is 33.6 Å². The van der Waals surface area contributed by atoms with Crippen LogP contribution in [0.4, 0.5) is 0 Å². The Morgan fingerprint density at radius 3 is 2.81 bits per heavy atom. The lowest BCUT2D eigenvalue weighted by Crippen LogP contribution is -2.00. The maximum atomic E-state index is 12.2. The number of imidazole rings is 1. The zero-order valence-corrected chi connectivity index (χ0v) is 11.5. The Kier molecular flexibility index (Phi) is 2.59. The van der Waals surface area contributed by atoms with Crippen molar-refractivity contribution in [3.8, 4) is 11.6 Å². The topological polar surface area (TPSA) is 58.9 Å². The van der Waals surface area contributed by atoms with Crippen LogP contribution in [0.25, 0.3) is 33.6 Å². The summed E-state index contributed by atoms with van der Waals surface area (Å²) in [5, 5.41) is 0.966. The van der Waals surface area contributed by atoms with Crippen molar-refractivity contribution in [2.75, 3.05) is 0 Å². The van der Waals surface area contributed by atoms with E-state index in [1.807, 2.05) is 24.3 Å². The second kappa shape index (κ2) is 4.46. The number of aromatic amines is 1. The molecule has 0 aliphatic carbocycles. The van der Waals surface area contributed by atoms with Gasteiger partial charge in [0, 0.05) is 11.1 Å². The lowest BCUT2D eigenvalue weighted by Gasteiger charge is -2.00. The molecule has 5 heteroatoms. The molecule has 0 spiro atoms. The number of rotatable bonds is 1. The Morgan fingerprint density at radius 2 is 1.95 bits per heavy atom. The molecular formula is C16H9ClN2O2. The molecule has 2 aromatic heterocycles. The summed E-state index contributed by atoms with van der Waals surface area (Å²) < 4.78 is 5.76. The van der Waals surface area contributed by atoms with Crippen LogP contribution in [0, 0.1) is 0 Å². The number of H-pyrrole nitrogens is 1. The van der Waals surface area contributed by atoms with Crippen molar-refractivity contribution < 1.29 is 4.42 Å². The maximum absolute atomic E-state index is 12.2. The summed E-state index contributed by atoms with van der Waals surface area (Å²) in [6, 6.07) is 14.1. The lowest BCUT2D eigenvalue weighted by molar-refractivity contribution is 0.614. The molecule has 4 nitrogen and oxygen atoms in total. The van der Waals surface area contributed by atoms with E-state index in [4.69, 9.17) is 16.0 Å². The Balaban J connectivity index is 1.98. The fourth-order valence-electron chi connectivity index (χ4n) is 2.31. The zero-order valence-electron chi connectivity index (χ0n) is 10.8. The van der Waals surface area contributed by atoms with Gasteiger partial charge < -0.3 is 9.40 Å². The Morgan fingerprint density at radius 1 is 1.10 bits per heavy atom. The highest BCUT2D eigenvalue weighted by molar-refractivity contribution is 6.31. The average Bonchev–Trinajstić information content (AvgIpc) is 2.92. The number of nitrogens with zero attached hydrogens (tertiary/aromatic N) is 1. The molecule has 0 radical (unpaired) electrons. The van der Waals surface area contributed by atoms with E-state index in [0.717, 1.165) is 11.0 Å². The standard InChI is InChI=1S/C16H9ClN2O2/c17-9-5-6-14-10(7-9)13(20)8-15(21-14)16-18-11-3-1-2-4-12(11)19-16/h1-8H,(H,18,19). The molecule has 2 aromatic carbocycles. The van der Waals surface area contributed by atoms with Crippen LogP contribution in [0.5, 0.6) is 0 Å². The number of hydrogen-bond donors (Lipinski definition) is 1. The van der Waals surface area contributed by atoms with Crippen molar-refractivity contribution in [3.05, 3.63) is 63.8 Å². The zero-order chi connectivity index (χ0) is 14.4. The highest BCUT2D eigenvalue weighted by atomic mass is 35.5. The van der Waals surface area contributed by atoms with Crippen molar-refractivity contribution in [3.63, 3.8) is 0 Å². The second-order valence-electron chi connectivity index (χ2n) is 4.72. The van der Waals surface area contributed by atoms with Gasteiger partial charge in [-0.05, 0) is 30.3 Å². The number of aromatic nitrogens is 2. The fourth-order valence-corrected chi connectivity index (χ4v) is 2.49. The minimum atomic E-state index is -0.144. The number of para-hydroxylation sites is 2. The maximum Gasteiger partial charge on any atom is 0.193 e. The number of halogens is 1. The third-order valence-corrected chi connectivity index (χ3v) is 3.55. The highest BCUT2D eigenvalue weighted by Crippen LogP contribution is 2.23. The molecule has 1 N–H and O–H groups in total. The first-order valence-electron chi connectivity index (χ1n) is 6.39. The van der Waals surface area contributed by atoms with Crippen molar-refractivity contribution in [2.45, 2.75) is 0 Å². The van der Waals surface area contributed by atoms with E-state index in [2.05, 4.69) is 9.97 Å². The molecule has 21 heavy (non-hydrogen) atoms. The van der Waals surface area contributed by atoms with Gasteiger partial charge in [-0.3, -0.25) is 4.79 Å². The molecular weight excluding hydrogens is 288 g/mol. The van der Waals surface area contributed by atoms with Crippen LogP contribution in [0.3, 0.4) is 0 Å². The van der Waals surface area contributed by atoms with Gasteiger partial charge >= 0.3 is 0 Å². The van der Waals surface area contributed by atoms with Gasteiger partial charge in [0.1, 0.15) is 5.58 Å². The molecule has 0 unspecified atom stereocenters. The van der Waals surface area contributed by atoms with Gasteiger partial charge in [0.05, 0.1) is 16.4 Å². The minimum absolute atomic E-state index is 0.144. The van der Waals surface area contributed by atoms with E-state index in [1.54, 1.807) is 18.2 Å². The van der Waals surface area contributed by atoms with Crippen LogP contribution < -0.4 is 5.43 Å². The molecule has 0 aliphatic heterocycles.